The van der Waals surface area contributed by atoms with Crippen molar-refractivity contribution in [3.63, 3.8) is 0 Å². The average molecular weight is 438 g/mol. The molecule has 3 rings (SSSR count). The first kappa shape index (κ1) is 22.4. The standard InChI is InChI=1S/C25H27NO4S/c1-4-9-21-16-20(18-26-22-14-12-19(3)13-15-22)17-24(29-5-2)25(21)30-31(27,28)23-10-7-6-8-11-23/h4,6-8,10-17,26H,1,5,9,18H2,2-3H3. The molecule has 0 saturated heterocycles. The zero-order chi connectivity index (χ0) is 22.3. The summed E-state index contributed by atoms with van der Waals surface area (Å²) in [7, 11) is -4.00. The highest BCUT2D eigenvalue weighted by molar-refractivity contribution is 7.87. The van der Waals surface area contributed by atoms with E-state index < -0.39 is 10.1 Å². The molecule has 0 bridgehead atoms. The molecule has 0 heterocycles. The lowest BCUT2D eigenvalue weighted by atomic mass is 10.1. The Labute approximate surface area is 184 Å². The van der Waals surface area contributed by atoms with Crippen molar-refractivity contribution >= 4 is 15.8 Å². The second kappa shape index (κ2) is 10.2. The van der Waals surface area contributed by atoms with Gasteiger partial charge in [-0.15, -0.1) is 6.58 Å². The summed E-state index contributed by atoms with van der Waals surface area (Å²) < 4.78 is 37.0. The number of benzene rings is 3. The fraction of sp³-hybridized carbons (Fsp3) is 0.200. The lowest BCUT2D eigenvalue weighted by Crippen LogP contribution is -2.13. The van der Waals surface area contributed by atoms with Gasteiger partial charge in [-0.25, -0.2) is 0 Å². The molecule has 0 aliphatic rings. The van der Waals surface area contributed by atoms with E-state index in [4.69, 9.17) is 8.92 Å². The smallest absolute Gasteiger partial charge is 0.339 e. The third-order valence-electron chi connectivity index (χ3n) is 4.63. The van der Waals surface area contributed by atoms with Gasteiger partial charge in [-0.2, -0.15) is 8.42 Å². The molecule has 31 heavy (non-hydrogen) atoms. The second-order valence-electron chi connectivity index (χ2n) is 7.08. The monoisotopic (exact) mass is 437 g/mol. The van der Waals surface area contributed by atoms with Gasteiger partial charge < -0.3 is 14.2 Å². The molecule has 0 aliphatic heterocycles. The van der Waals surface area contributed by atoms with Gasteiger partial charge in [-0.1, -0.05) is 42.0 Å². The summed E-state index contributed by atoms with van der Waals surface area (Å²) in [4.78, 5) is 0.0899. The van der Waals surface area contributed by atoms with Crippen LogP contribution in [0.1, 0.15) is 23.6 Å². The van der Waals surface area contributed by atoms with Crippen LogP contribution in [0, 0.1) is 6.92 Å². The Morgan fingerprint density at radius 2 is 1.74 bits per heavy atom. The van der Waals surface area contributed by atoms with Crippen molar-refractivity contribution in [3.8, 4) is 11.5 Å². The van der Waals surface area contributed by atoms with Crippen LogP contribution in [0.5, 0.6) is 11.5 Å². The van der Waals surface area contributed by atoms with Gasteiger partial charge in [0.05, 0.1) is 6.61 Å². The molecule has 0 spiro atoms. The van der Waals surface area contributed by atoms with Crippen molar-refractivity contribution in [2.75, 3.05) is 11.9 Å². The van der Waals surface area contributed by atoms with Gasteiger partial charge in [0.1, 0.15) is 4.90 Å². The van der Waals surface area contributed by atoms with E-state index >= 15 is 0 Å². The average Bonchev–Trinajstić information content (AvgIpc) is 2.76. The Morgan fingerprint density at radius 3 is 2.39 bits per heavy atom. The Balaban J connectivity index is 1.94. The van der Waals surface area contributed by atoms with Crippen molar-refractivity contribution in [1.82, 2.24) is 0 Å². The van der Waals surface area contributed by atoms with Gasteiger partial charge in [0, 0.05) is 17.8 Å². The number of nitrogens with one attached hydrogen (secondary N) is 1. The highest BCUT2D eigenvalue weighted by atomic mass is 32.2. The number of ether oxygens (including phenoxy) is 1. The lowest BCUT2D eigenvalue weighted by Gasteiger charge is -2.17. The van der Waals surface area contributed by atoms with E-state index in [0.717, 1.165) is 11.3 Å². The van der Waals surface area contributed by atoms with Crippen LogP contribution in [-0.2, 0) is 23.1 Å². The maximum absolute atomic E-state index is 12.8. The van der Waals surface area contributed by atoms with Crippen LogP contribution >= 0.6 is 0 Å². The number of hydrogen-bond donors (Lipinski definition) is 1. The molecule has 0 unspecified atom stereocenters. The molecule has 0 fully saturated rings. The van der Waals surface area contributed by atoms with Crippen molar-refractivity contribution in [3.05, 3.63) is 96.1 Å². The topological polar surface area (TPSA) is 64.6 Å². The maximum Gasteiger partial charge on any atom is 0.339 e. The van der Waals surface area contributed by atoms with Gasteiger partial charge >= 0.3 is 10.1 Å². The lowest BCUT2D eigenvalue weighted by molar-refractivity contribution is 0.326. The molecule has 5 nitrogen and oxygen atoms in total. The SMILES string of the molecule is C=CCc1cc(CNc2ccc(C)cc2)cc(OCC)c1OS(=O)(=O)c1ccccc1. The molecule has 0 aromatic heterocycles. The van der Waals surface area contributed by atoms with E-state index in [2.05, 4.69) is 11.9 Å². The van der Waals surface area contributed by atoms with Gasteiger partial charge in [-0.3, -0.25) is 0 Å². The van der Waals surface area contributed by atoms with Gasteiger partial charge in [0.25, 0.3) is 0 Å². The Morgan fingerprint density at radius 1 is 1.03 bits per heavy atom. The first-order valence-corrected chi connectivity index (χ1v) is 11.5. The molecule has 3 aromatic carbocycles. The minimum Gasteiger partial charge on any atom is -0.490 e. The molecule has 1 N–H and O–H groups in total. The quantitative estimate of drug-likeness (QED) is 0.335. The first-order chi connectivity index (χ1) is 14.9. The third-order valence-corrected chi connectivity index (χ3v) is 5.86. The summed E-state index contributed by atoms with van der Waals surface area (Å²) in [6.45, 7) is 8.62. The van der Waals surface area contributed by atoms with E-state index in [1.54, 1.807) is 24.3 Å². The molecular weight excluding hydrogens is 410 g/mol. The van der Waals surface area contributed by atoms with Crippen LogP contribution in [-0.4, -0.2) is 15.0 Å². The second-order valence-corrected chi connectivity index (χ2v) is 8.62. The van der Waals surface area contributed by atoms with Crippen LogP contribution in [0.25, 0.3) is 0 Å². The maximum atomic E-state index is 12.8. The molecule has 0 radical (unpaired) electrons. The number of aryl methyl sites for hydroxylation is 1. The molecule has 0 amide bonds. The Kier molecular flexibility index (Phi) is 7.36. The van der Waals surface area contributed by atoms with Gasteiger partial charge in [-0.05, 0) is 62.2 Å². The van der Waals surface area contributed by atoms with Crippen molar-refractivity contribution in [2.45, 2.75) is 31.7 Å². The zero-order valence-electron chi connectivity index (χ0n) is 17.8. The summed E-state index contributed by atoms with van der Waals surface area (Å²) in [6.07, 6.45) is 2.16. The fourth-order valence-corrected chi connectivity index (χ4v) is 4.11. The highest BCUT2D eigenvalue weighted by Crippen LogP contribution is 2.36. The predicted octanol–water partition coefficient (Wildman–Crippen LogP) is 5.50. The van der Waals surface area contributed by atoms with Crippen LogP contribution in [0.15, 0.2) is 84.3 Å². The molecule has 0 atom stereocenters. The van der Waals surface area contributed by atoms with Crippen molar-refractivity contribution in [1.29, 1.82) is 0 Å². The molecular formula is C25H27NO4S. The van der Waals surface area contributed by atoms with E-state index in [1.165, 1.54) is 17.7 Å². The number of allylic oxidation sites excluding steroid dienone is 1. The Bertz CT molecular complexity index is 1120. The zero-order valence-corrected chi connectivity index (χ0v) is 18.6. The van der Waals surface area contributed by atoms with E-state index in [1.807, 2.05) is 50.2 Å². The third kappa shape index (κ3) is 5.89. The molecule has 162 valence electrons. The van der Waals surface area contributed by atoms with Crippen molar-refractivity contribution in [2.24, 2.45) is 0 Å². The molecule has 3 aromatic rings. The minimum absolute atomic E-state index is 0.0899. The summed E-state index contributed by atoms with van der Waals surface area (Å²) in [6, 6.07) is 19.9. The highest BCUT2D eigenvalue weighted by Gasteiger charge is 2.22. The summed E-state index contributed by atoms with van der Waals surface area (Å²) in [5.74, 6) is 0.590. The first-order valence-electron chi connectivity index (χ1n) is 10.1. The summed E-state index contributed by atoms with van der Waals surface area (Å²) in [5.41, 5.74) is 3.84. The van der Waals surface area contributed by atoms with Crippen LogP contribution in [0.2, 0.25) is 0 Å². The molecule has 6 heteroatoms. The van der Waals surface area contributed by atoms with E-state index in [9.17, 15) is 8.42 Å². The number of rotatable bonds is 10. The summed E-state index contributed by atoms with van der Waals surface area (Å²) >= 11 is 0. The van der Waals surface area contributed by atoms with Crippen LogP contribution in [0.4, 0.5) is 5.69 Å². The Hall–Kier alpha value is -3.25. The van der Waals surface area contributed by atoms with E-state index in [0.29, 0.717) is 30.9 Å². The predicted molar refractivity (Wildman–Crippen MR) is 124 cm³/mol. The largest absolute Gasteiger partial charge is 0.490 e. The van der Waals surface area contributed by atoms with Crippen LogP contribution < -0.4 is 14.2 Å². The molecule has 0 saturated carbocycles. The van der Waals surface area contributed by atoms with Crippen molar-refractivity contribution < 1.29 is 17.3 Å². The van der Waals surface area contributed by atoms with Gasteiger partial charge in [0.15, 0.2) is 11.5 Å². The normalized spacial score (nSPS) is 11.0. The fourth-order valence-electron chi connectivity index (χ4n) is 3.11. The van der Waals surface area contributed by atoms with Gasteiger partial charge in [0.2, 0.25) is 0 Å². The van der Waals surface area contributed by atoms with Crippen LogP contribution in [0.3, 0.4) is 0 Å². The van der Waals surface area contributed by atoms with E-state index in [-0.39, 0.29) is 10.6 Å². The summed E-state index contributed by atoms with van der Waals surface area (Å²) in [5, 5.41) is 3.38. The minimum atomic E-state index is -4.00. The number of anilines is 1. The number of hydrogen-bond acceptors (Lipinski definition) is 5. The molecule has 0 aliphatic carbocycles.